The Morgan fingerprint density at radius 3 is 2.74 bits per heavy atom. The van der Waals surface area contributed by atoms with E-state index in [1.54, 1.807) is 6.20 Å². The molecule has 19 heavy (non-hydrogen) atoms. The van der Waals surface area contributed by atoms with Crippen molar-refractivity contribution in [3.8, 4) is 11.4 Å². The molecule has 98 valence electrons. The fraction of sp³-hybridized carbons (Fsp3) is 0.333. The van der Waals surface area contributed by atoms with Crippen LogP contribution in [-0.4, -0.2) is 22.6 Å². The monoisotopic (exact) mass is 256 g/mol. The van der Waals surface area contributed by atoms with Crippen molar-refractivity contribution in [2.75, 3.05) is 7.11 Å². The van der Waals surface area contributed by atoms with Crippen molar-refractivity contribution in [1.29, 1.82) is 0 Å². The molecular weight excluding hydrogens is 240 g/mol. The van der Waals surface area contributed by atoms with Gasteiger partial charge in [-0.15, -0.1) is 0 Å². The molecule has 1 saturated carbocycles. The lowest BCUT2D eigenvalue weighted by atomic mass is 10.1. The van der Waals surface area contributed by atoms with Crippen LogP contribution in [0.25, 0.3) is 11.4 Å². The molecule has 1 fully saturated rings. The lowest BCUT2D eigenvalue weighted by molar-refractivity contribution is -0.145. The SMILES string of the molecule is COC(=O)C(C1CC1)n1ccnc1-c1ccccc1. The number of carbonyl (C=O) groups excluding carboxylic acids is 1. The Kier molecular flexibility index (Phi) is 3.07. The number of ether oxygens (including phenoxy) is 1. The van der Waals surface area contributed by atoms with Crippen LogP contribution in [0.3, 0.4) is 0 Å². The molecule has 1 aromatic heterocycles. The highest BCUT2D eigenvalue weighted by molar-refractivity contribution is 5.76. The zero-order chi connectivity index (χ0) is 13.2. The predicted octanol–water partition coefficient (Wildman–Crippen LogP) is 2.67. The molecular formula is C15H16N2O2. The van der Waals surface area contributed by atoms with Gasteiger partial charge in [0.25, 0.3) is 0 Å². The van der Waals surface area contributed by atoms with Gasteiger partial charge in [0.2, 0.25) is 0 Å². The van der Waals surface area contributed by atoms with Crippen LogP contribution in [0.15, 0.2) is 42.7 Å². The fourth-order valence-corrected chi connectivity index (χ4v) is 2.41. The average Bonchev–Trinajstić information content (AvgIpc) is 3.17. The van der Waals surface area contributed by atoms with Gasteiger partial charge < -0.3 is 9.30 Å². The van der Waals surface area contributed by atoms with Gasteiger partial charge in [0.1, 0.15) is 11.9 Å². The Morgan fingerprint density at radius 2 is 2.11 bits per heavy atom. The zero-order valence-corrected chi connectivity index (χ0v) is 10.8. The summed E-state index contributed by atoms with van der Waals surface area (Å²) in [6, 6.07) is 9.66. The standard InChI is InChI=1S/C15H16N2O2/c1-19-15(18)13(11-7-8-11)17-10-9-16-14(17)12-5-3-2-4-6-12/h2-6,9-11,13H,7-8H2,1H3. The minimum absolute atomic E-state index is 0.183. The van der Waals surface area contributed by atoms with Crippen molar-refractivity contribution >= 4 is 5.97 Å². The minimum atomic E-state index is -0.247. The number of esters is 1. The number of carbonyl (C=O) groups is 1. The van der Waals surface area contributed by atoms with E-state index in [2.05, 4.69) is 4.98 Å². The molecule has 1 unspecified atom stereocenters. The molecule has 0 amide bonds. The highest BCUT2D eigenvalue weighted by atomic mass is 16.5. The van der Waals surface area contributed by atoms with Gasteiger partial charge in [-0.2, -0.15) is 0 Å². The molecule has 0 radical (unpaired) electrons. The Labute approximate surface area is 112 Å². The Morgan fingerprint density at radius 1 is 1.37 bits per heavy atom. The second kappa shape index (κ2) is 4.88. The third kappa shape index (κ3) is 2.26. The number of aromatic nitrogens is 2. The van der Waals surface area contributed by atoms with Crippen LogP contribution >= 0.6 is 0 Å². The zero-order valence-electron chi connectivity index (χ0n) is 10.8. The topological polar surface area (TPSA) is 44.1 Å². The second-order valence-corrected chi connectivity index (χ2v) is 4.83. The summed E-state index contributed by atoms with van der Waals surface area (Å²) in [5.41, 5.74) is 1.02. The summed E-state index contributed by atoms with van der Waals surface area (Å²) in [4.78, 5) is 16.4. The highest BCUT2D eigenvalue weighted by Gasteiger charge is 2.39. The van der Waals surface area contributed by atoms with Gasteiger partial charge in [0, 0.05) is 18.0 Å². The van der Waals surface area contributed by atoms with Gasteiger partial charge in [0.05, 0.1) is 7.11 Å². The van der Waals surface area contributed by atoms with Crippen molar-refractivity contribution < 1.29 is 9.53 Å². The summed E-state index contributed by atoms with van der Waals surface area (Å²) in [5.74, 6) is 1.02. The van der Waals surface area contributed by atoms with E-state index in [1.807, 2.05) is 41.1 Å². The molecule has 1 aromatic carbocycles. The van der Waals surface area contributed by atoms with Crippen LogP contribution in [-0.2, 0) is 9.53 Å². The van der Waals surface area contributed by atoms with Crippen molar-refractivity contribution in [2.45, 2.75) is 18.9 Å². The number of hydrogen-bond acceptors (Lipinski definition) is 3. The summed E-state index contributed by atoms with van der Waals surface area (Å²) in [6.45, 7) is 0. The quantitative estimate of drug-likeness (QED) is 0.790. The van der Waals surface area contributed by atoms with Crippen molar-refractivity contribution in [3.63, 3.8) is 0 Å². The molecule has 1 heterocycles. The van der Waals surface area contributed by atoms with Gasteiger partial charge in [-0.1, -0.05) is 30.3 Å². The summed E-state index contributed by atoms with van der Waals surface area (Å²) in [5, 5.41) is 0. The highest BCUT2D eigenvalue weighted by Crippen LogP contribution is 2.41. The number of benzene rings is 1. The molecule has 0 spiro atoms. The third-order valence-corrected chi connectivity index (χ3v) is 3.51. The molecule has 0 N–H and O–H groups in total. The van der Waals surface area contributed by atoms with E-state index in [1.165, 1.54) is 7.11 Å². The van der Waals surface area contributed by atoms with E-state index in [4.69, 9.17) is 4.74 Å². The van der Waals surface area contributed by atoms with E-state index in [0.29, 0.717) is 5.92 Å². The maximum atomic E-state index is 12.0. The second-order valence-electron chi connectivity index (χ2n) is 4.83. The van der Waals surface area contributed by atoms with E-state index < -0.39 is 0 Å². The molecule has 4 heteroatoms. The van der Waals surface area contributed by atoms with Crippen LogP contribution in [0.1, 0.15) is 18.9 Å². The first-order chi connectivity index (χ1) is 9.31. The van der Waals surface area contributed by atoms with E-state index in [-0.39, 0.29) is 12.0 Å². The van der Waals surface area contributed by atoms with Crippen LogP contribution in [0.2, 0.25) is 0 Å². The molecule has 1 aliphatic rings. The first kappa shape index (κ1) is 12.0. The van der Waals surface area contributed by atoms with Gasteiger partial charge in [-0.05, 0) is 18.8 Å². The molecule has 2 aromatic rings. The van der Waals surface area contributed by atoms with E-state index in [9.17, 15) is 4.79 Å². The lowest BCUT2D eigenvalue weighted by Gasteiger charge is -2.18. The minimum Gasteiger partial charge on any atom is -0.467 e. The number of hydrogen-bond donors (Lipinski definition) is 0. The molecule has 1 atom stereocenters. The van der Waals surface area contributed by atoms with Gasteiger partial charge in [0.15, 0.2) is 0 Å². The Bertz CT molecular complexity index is 573. The average molecular weight is 256 g/mol. The van der Waals surface area contributed by atoms with Crippen LogP contribution in [0, 0.1) is 5.92 Å². The summed E-state index contributed by atoms with van der Waals surface area (Å²) in [7, 11) is 1.44. The Hall–Kier alpha value is -2.10. The maximum absolute atomic E-state index is 12.0. The predicted molar refractivity (Wildman–Crippen MR) is 71.4 cm³/mol. The molecule has 3 rings (SSSR count). The first-order valence-electron chi connectivity index (χ1n) is 6.47. The smallest absolute Gasteiger partial charge is 0.329 e. The first-order valence-corrected chi connectivity index (χ1v) is 6.47. The number of methoxy groups -OCH3 is 1. The number of nitrogens with zero attached hydrogens (tertiary/aromatic N) is 2. The van der Waals surface area contributed by atoms with Crippen molar-refractivity contribution in [1.82, 2.24) is 9.55 Å². The Balaban J connectivity index is 2.01. The molecule has 0 aliphatic heterocycles. The largest absolute Gasteiger partial charge is 0.467 e. The number of imidazole rings is 1. The van der Waals surface area contributed by atoms with E-state index >= 15 is 0 Å². The molecule has 1 aliphatic carbocycles. The summed E-state index contributed by atoms with van der Waals surface area (Å²) < 4.78 is 6.88. The molecule has 0 bridgehead atoms. The fourth-order valence-electron chi connectivity index (χ4n) is 2.41. The summed E-state index contributed by atoms with van der Waals surface area (Å²) >= 11 is 0. The van der Waals surface area contributed by atoms with Gasteiger partial charge >= 0.3 is 5.97 Å². The van der Waals surface area contributed by atoms with Gasteiger partial charge in [-0.25, -0.2) is 9.78 Å². The van der Waals surface area contributed by atoms with E-state index in [0.717, 1.165) is 24.2 Å². The molecule has 0 saturated heterocycles. The normalized spacial score (nSPS) is 16.1. The van der Waals surface area contributed by atoms with Crippen LogP contribution in [0.4, 0.5) is 0 Å². The molecule has 4 nitrogen and oxygen atoms in total. The number of rotatable bonds is 4. The van der Waals surface area contributed by atoms with Crippen molar-refractivity contribution in [2.24, 2.45) is 5.92 Å². The maximum Gasteiger partial charge on any atom is 0.329 e. The third-order valence-electron chi connectivity index (χ3n) is 3.51. The van der Waals surface area contributed by atoms with Crippen LogP contribution in [0.5, 0.6) is 0 Å². The lowest BCUT2D eigenvalue weighted by Crippen LogP contribution is -2.23. The van der Waals surface area contributed by atoms with Crippen LogP contribution < -0.4 is 0 Å². The summed E-state index contributed by atoms with van der Waals surface area (Å²) in [6.07, 6.45) is 5.75. The van der Waals surface area contributed by atoms with Crippen molar-refractivity contribution in [3.05, 3.63) is 42.7 Å². The van der Waals surface area contributed by atoms with Gasteiger partial charge in [-0.3, -0.25) is 0 Å².